The van der Waals surface area contributed by atoms with E-state index in [9.17, 15) is 4.79 Å². The Labute approximate surface area is 133 Å². The number of nitrogens with zero attached hydrogens (tertiary/aromatic N) is 1. The Morgan fingerprint density at radius 2 is 1.90 bits per heavy atom. The Hall–Kier alpha value is -1.56. The minimum atomic E-state index is -0.520. The minimum absolute atomic E-state index is 0.153. The van der Waals surface area contributed by atoms with Crippen LogP contribution < -0.4 is 11.6 Å². The number of benzene rings is 1. The summed E-state index contributed by atoms with van der Waals surface area (Å²) in [6, 6.07) is 7.82. The van der Waals surface area contributed by atoms with Crippen molar-refractivity contribution in [2.45, 2.75) is 39.2 Å². The van der Waals surface area contributed by atoms with E-state index in [4.69, 9.17) is 16.3 Å². The van der Waals surface area contributed by atoms with Gasteiger partial charge in [-0.3, -0.25) is 4.79 Å². The summed E-state index contributed by atoms with van der Waals surface area (Å²) < 4.78 is 6.32. The minimum Gasteiger partial charge on any atom is -0.460 e. The SMILES string of the molecule is CC(C)(C)OC(=O)CC(Cc1ccc(Br)cc1)/C(N)=N/N. The maximum absolute atomic E-state index is 12.0. The van der Waals surface area contributed by atoms with Crippen molar-refractivity contribution in [3.05, 3.63) is 34.3 Å². The molecule has 21 heavy (non-hydrogen) atoms. The van der Waals surface area contributed by atoms with Crippen LogP contribution in [-0.2, 0) is 16.0 Å². The average molecular weight is 356 g/mol. The number of carbonyl (C=O) groups excluding carboxylic acids is 1. The zero-order chi connectivity index (χ0) is 16.0. The lowest BCUT2D eigenvalue weighted by molar-refractivity contribution is -0.155. The Morgan fingerprint density at radius 3 is 2.38 bits per heavy atom. The third-order valence-electron chi connectivity index (χ3n) is 2.80. The number of nitrogens with two attached hydrogens (primary N) is 2. The summed E-state index contributed by atoms with van der Waals surface area (Å²) in [7, 11) is 0. The summed E-state index contributed by atoms with van der Waals surface area (Å²) in [6.07, 6.45) is 0.735. The van der Waals surface area contributed by atoms with Gasteiger partial charge in [-0.25, -0.2) is 0 Å². The molecular formula is C15H22BrN3O2. The van der Waals surface area contributed by atoms with Gasteiger partial charge < -0.3 is 16.3 Å². The second-order valence-electron chi connectivity index (χ2n) is 5.87. The summed E-state index contributed by atoms with van der Waals surface area (Å²) in [6.45, 7) is 5.49. The highest BCUT2D eigenvalue weighted by Crippen LogP contribution is 2.18. The van der Waals surface area contributed by atoms with E-state index in [2.05, 4.69) is 21.0 Å². The fourth-order valence-corrected chi connectivity index (χ4v) is 2.14. The van der Waals surface area contributed by atoms with Crippen LogP contribution >= 0.6 is 15.9 Å². The lowest BCUT2D eigenvalue weighted by Crippen LogP contribution is -2.32. The molecule has 0 aliphatic rings. The van der Waals surface area contributed by atoms with E-state index < -0.39 is 5.60 Å². The highest BCUT2D eigenvalue weighted by molar-refractivity contribution is 9.10. The number of amidine groups is 1. The summed E-state index contributed by atoms with van der Waals surface area (Å²) in [5.41, 5.74) is 6.35. The third-order valence-corrected chi connectivity index (χ3v) is 3.32. The number of carbonyl (C=O) groups is 1. The normalized spacial score (nSPS) is 13.8. The van der Waals surface area contributed by atoms with E-state index in [1.54, 1.807) is 0 Å². The molecule has 116 valence electrons. The van der Waals surface area contributed by atoms with Crippen LogP contribution in [0.4, 0.5) is 0 Å². The molecule has 0 saturated carbocycles. The van der Waals surface area contributed by atoms with Gasteiger partial charge >= 0.3 is 5.97 Å². The van der Waals surface area contributed by atoms with Crippen molar-refractivity contribution in [3.63, 3.8) is 0 Å². The molecular weight excluding hydrogens is 334 g/mol. The van der Waals surface area contributed by atoms with Gasteiger partial charge in [-0.2, -0.15) is 5.10 Å². The van der Waals surface area contributed by atoms with Gasteiger partial charge in [-0.05, 0) is 44.9 Å². The number of rotatable bonds is 5. The van der Waals surface area contributed by atoms with Gasteiger partial charge in [0.05, 0.1) is 6.42 Å². The molecule has 1 rings (SSSR count). The van der Waals surface area contributed by atoms with Gasteiger partial charge in [-0.1, -0.05) is 28.1 Å². The van der Waals surface area contributed by atoms with Gasteiger partial charge in [0.2, 0.25) is 0 Å². The Kier molecular flexibility index (Phi) is 6.20. The lowest BCUT2D eigenvalue weighted by atomic mass is 9.95. The molecule has 1 aromatic rings. The lowest BCUT2D eigenvalue weighted by Gasteiger charge is -2.22. The Morgan fingerprint density at radius 1 is 1.33 bits per heavy atom. The molecule has 0 fully saturated rings. The van der Waals surface area contributed by atoms with Crippen molar-refractivity contribution in [1.29, 1.82) is 0 Å². The van der Waals surface area contributed by atoms with Crippen LogP contribution in [0.15, 0.2) is 33.8 Å². The van der Waals surface area contributed by atoms with E-state index in [1.165, 1.54) is 0 Å². The monoisotopic (exact) mass is 355 g/mol. The number of hydrogen-bond acceptors (Lipinski definition) is 4. The van der Waals surface area contributed by atoms with Crippen molar-refractivity contribution in [1.82, 2.24) is 0 Å². The number of esters is 1. The van der Waals surface area contributed by atoms with Gasteiger partial charge in [0, 0.05) is 10.4 Å². The molecule has 0 aromatic heterocycles. The topological polar surface area (TPSA) is 90.7 Å². The van der Waals surface area contributed by atoms with E-state index in [1.807, 2.05) is 45.0 Å². The molecule has 5 nitrogen and oxygen atoms in total. The molecule has 0 bridgehead atoms. The van der Waals surface area contributed by atoms with Crippen LogP contribution in [0.1, 0.15) is 32.8 Å². The van der Waals surface area contributed by atoms with Crippen molar-refractivity contribution >= 4 is 27.7 Å². The predicted octanol–water partition coefficient (Wildman–Crippen LogP) is 2.57. The summed E-state index contributed by atoms with van der Waals surface area (Å²) >= 11 is 3.39. The Bertz CT molecular complexity index is 507. The van der Waals surface area contributed by atoms with Crippen LogP contribution in [-0.4, -0.2) is 17.4 Å². The maximum atomic E-state index is 12.0. The quantitative estimate of drug-likeness (QED) is 0.279. The molecule has 0 aliphatic carbocycles. The molecule has 4 N–H and O–H groups in total. The van der Waals surface area contributed by atoms with Crippen LogP contribution in [0.3, 0.4) is 0 Å². The van der Waals surface area contributed by atoms with E-state index in [0.29, 0.717) is 6.42 Å². The molecule has 0 radical (unpaired) electrons. The first-order valence-corrected chi connectivity index (χ1v) is 7.50. The van der Waals surface area contributed by atoms with Crippen molar-refractivity contribution in [3.8, 4) is 0 Å². The molecule has 1 unspecified atom stereocenters. The Balaban J connectivity index is 2.77. The molecule has 0 spiro atoms. The molecule has 0 amide bonds. The number of hydrogen-bond donors (Lipinski definition) is 2. The second-order valence-corrected chi connectivity index (χ2v) is 6.79. The first-order valence-electron chi connectivity index (χ1n) is 6.71. The number of halogens is 1. The molecule has 6 heteroatoms. The van der Waals surface area contributed by atoms with Crippen molar-refractivity contribution in [2.75, 3.05) is 0 Å². The molecule has 0 aliphatic heterocycles. The summed E-state index contributed by atoms with van der Waals surface area (Å²) in [5, 5.41) is 3.53. The number of hydrazone groups is 1. The number of ether oxygens (including phenoxy) is 1. The van der Waals surface area contributed by atoms with Crippen LogP contribution in [0.25, 0.3) is 0 Å². The predicted molar refractivity (Wildman–Crippen MR) is 87.6 cm³/mol. The molecule has 0 heterocycles. The zero-order valence-corrected chi connectivity index (χ0v) is 14.2. The van der Waals surface area contributed by atoms with Gasteiger partial charge in [-0.15, -0.1) is 0 Å². The largest absolute Gasteiger partial charge is 0.460 e. The summed E-state index contributed by atoms with van der Waals surface area (Å²) in [4.78, 5) is 12.0. The van der Waals surface area contributed by atoms with Crippen molar-refractivity contribution < 1.29 is 9.53 Å². The molecule has 1 atom stereocenters. The zero-order valence-electron chi connectivity index (χ0n) is 12.6. The summed E-state index contributed by atoms with van der Waals surface area (Å²) in [5.74, 6) is 4.93. The van der Waals surface area contributed by atoms with E-state index in [0.717, 1.165) is 10.0 Å². The van der Waals surface area contributed by atoms with Gasteiger partial charge in [0.25, 0.3) is 0 Å². The second kappa shape index (κ2) is 7.45. The van der Waals surface area contributed by atoms with Gasteiger partial charge in [0.15, 0.2) is 0 Å². The third kappa shape index (κ3) is 6.62. The maximum Gasteiger partial charge on any atom is 0.307 e. The van der Waals surface area contributed by atoms with E-state index >= 15 is 0 Å². The molecule has 0 saturated heterocycles. The smallest absolute Gasteiger partial charge is 0.307 e. The van der Waals surface area contributed by atoms with Crippen LogP contribution in [0.2, 0.25) is 0 Å². The average Bonchev–Trinajstić information content (AvgIpc) is 2.37. The first kappa shape index (κ1) is 17.5. The fourth-order valence-electron chi connectivity index (χ4n) is 1.88. The highest BCUT2D eigenvalue weighted by Gasteiger charge is 2.23. The fraction of sp³-hybridized carbons (Fsp3) is 0.467. The first-order chi connectivity index (χ1) is 9.71. The van der Waals surface area contributed by atoms with Gasteiger partial charge in [0.1, 0.15) is 11.4 Å². The van der Waals surface area contributed by atoms with Crippen molar-refractivity contribution in [2.24, 2.45) is 22.6 Å². The van der Waals surface area contributed by atoms with Crippen LogP contribution in [0, 0.1) is 5.92 Å². The standard InChI is InChI=1S/C15H22BrN3O2/c1-15(2,3)21-13(20)9-11(14(17)19-18)8-10-4-6-12(16)7-5-10/h4-7,11H,8-9,18H2,1-3H3,(H2,17,19). The van der Waals surface area contributed by atoms with Crippen LogP contribution in [0.5, 0.6) is 0 Å². The molecule has 1 aromatic carbocycles. The highest BCUT2D eigenvalue weighted by atomic mass is 79.9. The van der Waals surface area contributed by atoms with E-state index in [-0.39, 0.29) is 24.1 Å².